The molecule has 0 aliphatic carbocycles. The van der Waals surface area contributed by atoms with Gasteiger partial charge in [-0.25, -0.2) is 4.68 Å². The van der Waals surface area contributed by atoms with Crippen LogP contribution in [-0.4, -0.2) is 60.0 Å². The number of piperidine rings is 1. The Bertz CT molecular complexity index is 1030. The van der Waals surface area contributed by atoms with Gasteiger partial charge in [0.2, 0.25) is 0 Å². The standard InChI is InChI=1S/C18H20N8/c1-24-8-6-13(7-9-24)25-11-14(10-19-25)26-12-17(21-23-26)18-15-4-2-3-5-16(15)20-22-18/h2-5,10-13H,6-9H2,1H3,(H,20,22). The maximum Gasteiger partial charge on any atom is 0.134 e. The van der Waals surface area contributed by atoms with Crippen molar-refractivity contribution in [1.82, 2.24) is 39.9 Å². The Hall–Kier alpha value is -3.00. The van der Waals surface area contributed by atoms with Crippen molar-refractivity contribution in [2.24, 2.45) is 0 Å². The molecule has 3 aromatic heterocycles. The van der Waals surface area contributed by atoms with Crippen LogP contribution in [0.3, 0.4) is 0 Å². The summed E-state index contributed by atoms with van der Waals surface area (Å²) in [7, 11) is 2.17. The van der Waals surface area contributed by atoms with Crippen molar-refractivity contribution >= 4 is 10.9 Å². The first-order valence-corrected chi connectivity index (χ1v) is 8.87. The number of hydrogen-bond acceptors (Lipinski definition) is 5. The Morgan fingerprint density at radius 1 is 1.12 bits per heavy atom. The van der Waals surface area contributed by atoms with Gasteiger partial charge in [-0.1, -0.05) is 23.4 Å². The molecule has 8 nitrogen and oxygen atoms in total. The third-order valence-electron chi connectivity index (χ3n) is 5.12. The molecule has 1 aliphatic rings. The molecule has 132 valence electrons. The molecule has 0 radical (unpaired) electrons. The zero-order chi connectivity index (χ0) is 17.5. The van der Waals surface area contributed by atoms with Gasteiger partial charge in [0.05, 0.1) is 30.1 Å². The first kappa shape index (κ1) is 15.3. The summed E-state index contributed by atoms with van der Waals surface area (Å²) < 4.78 is 3.82. The average molecular weight is 348 g/mol. The van der Waals surface area contributed by atoms with E-state index in [4.69, 9.17) is 0 Å². The van der Waals surface area contributed by atoms with E-state index in [2.05, 4.69) is 48.4 Å². The number of aromatic nitrogens is 7. The highest BCUT2D eigenvalue weighted by atomic mass is 15.4. The van der Waals surface area contributed by atoms with Gasteiger partial charge in [0.1, 0.15) is 17.1 Å². The van der Waals surface area contributed by atoms with Gasteiger partial charge in [0.15, 0.2) is 0 Å². The van der Waals surface area contributed by atoms with Crippen molar-refractivity contribution in [2.45, 2.75) is 18.9 Å². The highest BCUT2D eigenvalue weighted by Gasteiger charge is 2.19. The lowest BCUT2D eigenvalue weighted by Crippen LogP contribution is -2.31. The highest BCUT2D eigenvalue weighted by Crippen LogP contribution is 2.25. The van der Waals surface area contributed by atoms with Crippen LogP contribution in [0.1, 0.15) is 18.9 Å². The van der Waals surface area contributed by atoms with Crippen molar-refractivity contribution in [2.75, 3.05) is 20.1 Å². The van der Waals surface area contributed by atoms with E-state index in [1.807, 2.05) is 36.7 Å². The number of para-hydroxylation sites is 1. The molecule has 26 heavy (non-hydrogen) atoms. The van der Waals surface area contributed by atoms with Crippen LogP contribution in [0.5, 0.6) is 0 Å². The molecule has 4 heterocycles. The van der Waals surface area contributed by atoms with E-state index < -0.39 is 0 Å². The molecule has 0 unspecified atom stereocenters. The highest BCUT2D eigenvalue weighted by molar-refractivity contribution is 5.91. The van der Waals surface area contributed by atoms with Crippen LogP contribution in [0.2, 0.25) is 0 Å². The minimum atomic E-state index is 0.457. The zero-order valence-electron chi connectivity index (χ0n) is 14.6. The summed E-state index contributed by atoms with van der Waals surface area (Å²) in [5.74, 6) is 0. The molecule has 5 rings (SSSR count). The minimum Gasteiger partial charge on any atom is -0.306 e. The molecule has 0 atom stereocenters. The zero-order valence-corrected chi connectivity index (χ0v) is 14.6. The SMILES string of the molecule is CN1CCC(n2cc(-n3cc(-c4n[nH]c5ccccc45)nn3)cn2)CC1. The smallest absolute Gasteiger partial charge is 0.134 e. The van der Waals surface area contributed by atoms with Gasteiger partial charge in [-0.15, -0.1) is 5.10 Å². The van der Waals surface area contributed by atoms with Gasteiger partial charge in [-0.3, -0.25) is 9.78 Å². The fraction of sp³-hybridized carbons (Fsp3) is 0.333. The monoisotopic (exact) mass is 348 g/mol. The van der Waals surface area contributed by atoms with E-state index in [9.17, 15) is 0 Å². The van der Waals surface area contributed by atoms with Crippen molar-refractivity contribution < 1.29 is 0 Å². The third-order valence-corrected chi connectivity index (χ3v) is 5.12. The predicted octanol–water partition coefficient (Wildman–Crippen LogP) is 2.27. The van der Waals surface area contributed by atoms with Crippen LogP contribution in [0, 0.1) is 0 Å². The van der Waals surface area contributed by atoms with Crippen LogP contribution in [0.4, 0.5) is 0 Å². The molecule has 8 heteroatoms. The molecule has 0 saturated carbocycles. The number of hydrogen-bond donors (Lipinski definition) is 1. The molecule has 0 bridgehead atoms. The molecule has 1 aliphatic heterocycles. The molecule has 1 fully saturated rings. The largest absolute Gasteiger partial charge is 0.306 e. The lowest BCUT2D eigenvalue weighted by Gasteiger charge is -2.28. The van der Waals surface area contributed by atoms with Gasteiger partial charge in [-0.05, 0) is 39.0 Å². The molecule has 0 amide bonds. The topological polar surface area (TPSA) is 80.5 Å². The fourth-order valence-electron chi connectivity index (χ4n) is 3.56. The van der Waals surface area contributed by atoms with E-state index in [1.165, 1.54) is 0 Å². The van der Waals surface area contributed by atoms with Crippen LogP contribution in [0.25, 0.3) is 28.0 Å². The number of benzene rings is 1. The second-order valence-corrected chi connectivity index (χ2v) is 6.88. The summed E-state index contributed by atoms with van der Waals surface area (Å²) in [4.78, 5) is 2.36. The first-order chi connectivity index (χ1) is 12.8. The average Bonchev–Trinajstić information content (AvgIpc) is 3.40. The van der Waals surface area contributed by atoms with Crippen LogP contribution >= 0.6 is 0 Å². The Balaban J connectivity index is 1.42. The van der Waals surface area contributed by atoms with Crippen molar-refractivity contribution in [1.29, 1.82) is 0 Å². The van der Waals surface area contributed by atoms with Crippen molar-refractivity contribution in [3.05, 3.63) is 42.9 Å². The van der Waals surface area contributed by atoms with Crippen molar-refractivity contribution in [3.63, 3.8) is 0 Å². The second-order valence-electron chi connectivity index (χ2n) is 6.88. The van der Waals surface area contributed by atoms with Gasteiger partial charge in [0.25, 0.3) is 0 Å². The number of aromatic amines is 1. The molecular weight excluding hydrogens is 328 g/mol. The van der Waals surface area contributed by atoms with Crippen LogP contribution < -0.4 is 0 Å². The van der Waals surface area contributed by atoms with E-state index in [0.717, 1.165) is 53.9 Å². The van der Waals surface area contributed by atoms with E-state index in [0.29, 0.717) is 6.04 Å². The summed E-state index contributed by atoms with van der Waals surface area (Å²) in [5, 5.41) is 21.6. The van der Waals surface area contributed by atoms with Crippen molar-refractivity contribution in [3.8, 4) is 17.1 Å². The summed E-state index contributed by atoms with van der Waals surface area (Å²) in [6.07, 6.45) is 8.05. The van der Waals surface area contributed by atoms with E-state index in [-0.39, 0.29) is 0 Å². The Kier molecular flexibility index (Phi) is 3.56. The minimum absolute atomic E-state index is 0.457. The molecule has 4 aromatic rings. The molecule has 0 spiro atoms. The summed E-state index contributed by atoms with van der Waals surface area (Å²) in [6.45, 7) is 2.22. The number of likely N-dealkylation sites (tertiary alicyclic amines) is 1. The number of fused-ring (bicyclic) bond motifs is 1. The normalized spacial score (nSPS) is 16.5. The van der Waals surface area contributed by atoms with Crippen LogP contribution in [0.15, 0.2) is 42.9 Å². The Labute approximate surface area is 150 Å². The number of H-pyrrole nitrogens is 1. The first-order valence-electron chi connectivity index (χ1n) is 8.87. The summed E-state index contributed by atoms with van der Waals surface area (Å²) >= 11 is 0. The lowest BCUT2D eigenvalue weighted by molar-refractivity contribution is 0.212. The van der Waals surface area contributed by atoms with E-state index in [1.54, 1.807) is 4.68 Å². The third kappa shape index (κ3) is 2.59. The summed E-state index contributed by atoms with van der Waals surface area (Å²) in [5.41, 5.74) is 3.47. The molecule has 1 saturated heterocycles. The second kappa shape index (κ2) is 6.06. The van der Waals surface area contributed by atoms with Gasteiger partial charge in [0, 0.05) is 5.39 Å². The van der Waals surface area contributed by atoms with E-state index >= 15 is 0 Å². The number of rotatable bonds is 3. The Morgan fingerprint density at radius 2 is 1.96 bits per heavy atom. The fourth-order valence-corrected chi connectivity index (χ4v) is 3.56. The van der Waals surface area contributed by atoms with Crippen LogP contribution in [-0.2, 0) is 0 Å². The van der Waals surface area contributed by atoms with Gasteiger partial charge in [-0.2, -0.15) is 10.2 Å². The maximum atomic E-state index is 4.55. The maximum absolute atomic E-state index is 4.55. The Morgan fingerprint density at radius 3 is 2.85 bits per heavy atom. The number of nitrogens with one attached hydrogen (secondary N) is 1. The number of nitrogens with zero attached hydrogens (tertiary/aromatic N) is 7. The summed E-state index contributed by atoms with van der Waals surface area (Å²) in [6, 6.07) is 8.47. The molecular formula is C18H20N8. The van der Waals surface area contributed by atoms with Gasteiger partial charge >= 0.3 is 0 Å². The molecule has 1 aromatic carbocycles. The quantitative estimate of drug-likeness (QED) is 0.614. The predicted molar refractivity (Wildman–Crippen MR) is 98.0 cm³/mol. The van der Waals surface area contributed by atoms with Gasteiger partial charge < -0.3 is 4.90 Å². The molecule has 1 N–H and O–H groups in total. The lowest BCUT2D eigenvalue weighted by atomic mass is 10.1.